The van der Waals surface area contributed by atoms with E-state index in [4.69, 9.17) is 11.6 Å². The van der Waals surface area contributed by atoms with Gasteiger partial charge in [0, 0.05) is 23.3 Å². The number of nitrogens with one attached hydrogen (secondary N) is 1. The maximum Gasteiger partial charge on any atom is 0.256 e. The van der Waals surface area contributed by atoms with E-state index in [2.05, 4.69) is 29.0 Å². The molecule has 1 amide bonds. The number of pyridine rings is 1. The van der Waals surface area contributed by atoms with Crippen molar-refractivity contribution >= 4 is 23.3 Å². The largest absolute Gasteiger partial charge is 0.307 e. The summed E-state index contributed by atoms with van der Waals surface area (Å²) in [5, 5.41) is 3.28. The number of nitrogens with zero attached hydrogens (tertiary/aromatic N) is 2. The maximum atomic E-state index is 12.2. The summed E-state index contributed by atoms with van der Waals surface area (Å²) < 4.78 is 0. The number of anilines is 1. The standard InChI is InChI=1S/C17H20ClN3O/c1-3-21(4-2)12-13-5-7-14(8-6-13)17(22)20-16-11-15(18)9-10-19-16/h5-11H,3-4,12H2,1-2H3,(H,19,20,22). The molecule has 2 rings (SSSR count). The number of halogens is 1. The van der Waals surface area contributed by atoms with Crippen LogP contribution in [0.2, 0.25) is 5.02 Å². The lowest BCUT2D eigenvalue weighted by Gasteiger charge is -2.18. The summed E-state index contributed by atoms with van der Waals surface area (Å²) in [6.45, 7) is 7.20. The van der Waals surface area contributed by atoms with Crippen LogP contribution >= 0.6 is 11.6 Å². The lowest BCUT2D eigenvalue weighted by atomic mass is 10.1. The van der Waals surface area contributed by atoms with Crippen LogP contribution < -0.4 is 5.32 Å². The van der Waals surface area contributed by atoms with E-state index in [-0.39, 0.29) is 5.91 Å². The number of benzene rings is 1. The van der Waals surface area contributed by atoms with Crippen LogP contribution in [0.5, 0.6) is 0 Å². The third-order valence-electron chi connectivity index (χ3n) is 3.48. The van der Waals surface area contributed by atoms with E-state index in [9.17, 15) is 4.79 Å². The molecular weight excluding hydrogens is 298 g/mol. The van der Waals surface area contributed by atoms with Gasteiger partial charge in [0.15, 0.2) is 0 Å². The molecule has 0 fully saturated rings. The highest BCUT2D eigenvalue weighted by Gasteiger charge is 2.08. The number of hydrogen-bond acceptors (Lipinski definition) is 3. The molecule has 0 saturated heterocycles. The molecule has 22 heavy (non-hydrogen) atoms. The molecule has 116 valence electrons. The van der Waals surface area contributed by atoms with E-state index in [1.807, 2.05) is 24.3 Å². The molecular formula is C17H20ClN3O. The van der Waals surface area contributed by atoms with Gasteiger partial charge in [-0.25, -0.2) is 4.98 Å². The first-order valence-corrected chi connectivity index (χ1v) is 7.74. The fourth-order valence-electron chi connectivity index (χ4n) is 2.13. The Balaban J connectivity index is 2.02. The Morgan fingerprint density at radius 1 is 1.18 bits per heavy atom. The molecule has 0 aliphatic heterocycles. The Labute approximate surface area is 136 Å². The molecule has 0 atom stereocenters. The molecule has 4 nitrogen and oxygen atoms in total. The quantitative estimate of drug-likeness (QED) is 0.880. The lowest BCUT2D eigenvalue weighted by Crippen LogP contribution is -2.22. The van der Waals surface area contributed by atoms with E-state index in [1.54, 1.807) is 18.3 Å². The Kier molecular flexibility index (Phi) is 5.92. The van der Waals surface area contributed by atoms with Gasteiger partial charge in [-0.2, -0.15) is 0 Å². The molecule has 0 radical (unpaired) electrons. The average Bonchev–Trinajstić information content (AvgIpc) is 2.53. The highest BCUT2D eigenvalue weighted by Crippen LogP contribution is 2.14. The lowest BCUT2D eigenvalue weighted by molar-refractivity contribution is 0.102. The van der Waals surface area contributed by atoms with Crippen molar-refractivity contribution in [3.8, 4) is 0 Å². The Morgan fingerprint density at radius 3 is 2.45 bits per heavy atom. The molecule has 0 spiro atoms. The summed E-state index contributed by atoms with van der Waals surface area (Å²) in [5.41, 5.74) is 1.80. The van der Waals surface area contributed by atoms with Gasteiger partial charge in [-0.05, 0) is 42.9 Å². The molecule has 1 aromatic carbocycles. The van der Waals surface area contributed by atoms with E-state index in [0.717, 1.165) is 19.6 Å². The van der Waals surface area contributed by atoms with Gasteiger partial charge >= 0.3 is 0 Å². The zero-order valence-electron chi connectivity index (χ0n) is 12.8. The van der Waals surface area contributed by atoms with Crippen molar-refractivity contribution in [3.05, 3.63) is 58.7 Å². The molecule has 0 unspecified atom stereocenters. The van der Waals surface area contributed by atoms with Gasteiger partial charge in [0.1, 0.15) is 5.82 Å². The first-order chi connectivity index (χ1) is 10.6. The molecule has 2 aromatic rings. The van der Waals surface area contributed by atoms with E-state index in [1.165, 1.54) is 5.56 Å². The molecule has 0 saturated carbocycles. The van der Waals surface area contributed by atoms with E-state index in [0.29, 0.717) is 16.4 Å². The summed E-state index contributed by atoms with van der Waals surface area (Å²) >= 11 is 5.88. The fraction of sp³-hybridized carbons (Fsp3) is 0.294. The van der Waals surface area contributed by atoms with Crippen molar-refractivity contribution < 1.29 is 4.79 Å². The molecule has 0 aliphatic rings. The van der Waals surface area contributed by atoms with Crippen LogP contribution in [0.15, 0.2) is 42.6 Å². The highest BCUT2D eigenvalue weighted by atomic mass is 35.5. The zero-order chi connectivity index (χ0) is 15.9. The van der Waals surface area contributed by atoms with Crippen LogP contribution in [0.4, 0.5) is 5.82 Å². The van der Waals surface area contributed by atoms with Gasteiger partial charge in [-0.3, -0.25) is 9.69 Å². The van der Waals surface area contributed by atoms with Gasteiger partial charge in [-0.15, -0.1) is 0 Å². The second kappa shape index (κ2) is 7.92. The summed E-state index contributed by atoms with van der Waals surface area (Å²) in [6, 6.07) is 10.9. The van der Waals surface area contributed by atoms with Gasteiger partial charge in [-0.1, -0.05) is 37.6 Å². The Hall–Kier alpha value is -1.91. The summed E-state index contributed by atoms with van der Waals surface area (Å²) in [4.78, 5) is 18.6. The van der Waals surface area contributed by atoms with Crippen molar-refractivity contribution in [3.63, 3.8) is 0 Å². The second-order valence-electron chi connectivity index (χ2n) is 4.97. The first kappa shape index (κ1) is 16.5. The first-order valence-electron chi connectivity index (χ1n) is 7.36. The van der Waals surface area contributed by atoms with Crippen molar-refractivity contribution in [2.75, 3.05) is 18.4 Å². The summed E-state index contributed by atoms with van der Waals surface area (Å²) in [7, 11) is 0. The average molecular weight is 318 g/mol. The third-order valence-corrected chi connectivity index (χ3v) is 3.72. The van der Waals surface area contributed by atoms with Gasteiger partial charge in [0.25, 0.3) is 5.91 Å². The molecule has 1 aromatic heterocycles. The minimum atomic E-state index is -0.191. The van der Waals surface area contributed by atoms with E-state index >= 15 is 0 Å². The molecule has 0 aliphatic carbocycles. The molecule has 1 heterocycles. The van der Waals surface area contributed by atoms with E-state index < -0.39 is 0 Å². The normalized spacial score (nSPS) is 10.7. The van der Waals surface area contributed by atoms with Crippen molar-refractivity contribution in [2.45, 2.75) is 20.4 Å². The molecule has 0 bridgehead atoms. The van der Waals surface area contributed by atoms with Crippen LogP contribution in [0, 0.1) is 0 Å². The predicted octanol–water partition coefficient (Wildman–Crippen LogP) is 3.83. The van der Waals surface area contributed by atoms with Gasteiger partial charge < -0.3 is 5.32 Å². The number of rotatable bonds is 6. The third kappa shape index (κ3) is 4.55. The van der Waals surface area contributed by atoms with Gasteiger partial charge in [0.05, 0.1) is 0 Å². The maximum absolute atomic E-state index is 12.2. The predicted molar refractivity (Wildman–Crippen MR) is 90.3 cm³/mol. The number of carbonyl (C=O) groups is 1. The zero-order valence-corrected chi connectivity index (χ0v) is 13.6. The van der Waals surface area contributed by atoms with Crippen molar-refractivity contribution in [1.82, 2.24) is 9.88 Å². The van der Waals surface area contributed by atoms with Crippen molar-refractivity contribution in [1.29, 1.82) is 0 Å². The van der Waals surface area contributed by atoms with Crippen LogP contribution in [0.25, 0.3) is 0 Å². The Bertz CT molecular complexity index is 624. The Morgan fingerprint density at radius 2 is 1.86 bits per heavy atom. The fourth-order valence-corrected chi connectivity index (χ4v) is 2.29. The molecule has 5 heteroatoms. The number of aromatic nitrogens is 1. The van der Waals surface area contributed by atoms with Gasteiger partial charge in [0.2, 0.25) is 0 Å². The second-order valence-corrected chi connectivity index (χ2v) is 5.41. The minimum absolute atomic E-state index is 0.191. The van der Waals surface area contributed by atoms with Crippen LogP contribution in [-0.4, -0.2) is 28.9 Å². The number of hydrogen-bond donors (Lipinski definition) is 1. The molecule has 1 N–H and O–H groups in total. The highest BCUT2D eigenvalue weighted by molar-refractivity contribution is 6.30. The minimum Gasteiger partial charge on any atom is -0.307 e. The number of amides is 1. The van der Waals surface area contributed by atoms with Crippen LogP contribution in [0.1, 0.15) is 29.8 Å². The number of carbonyl (C=O) groups excluding carboxylic acids is 1. The van der Waals surface area contributed by atoms with Crippen molar-refractivity contribution in [2.24, 2.45) is 0 Å². The smallest absolute Gasteiger partial charge is 0.256 e. The summed E-state index contributed by atoms with van der Waals surface area (Å²) in [5.74, 6) is 0.258. The van der Waals surface area contributed by atoms with Crippen LogP contribution in [0.3, 0.4) is 0 Å². The van der Waals surface area contributed by atoms with Crippen LogP contribution in [-0.2, 0) is 6.54 Å². The SMILES string of the molecule is CCN(CC)Cc1ccc(C(=O)Nc2cc(Cl)ccn2)cc1. The monoisotopic (exact) mass is 317 g/mol. The topological polar surface area (TPSA) is 45.2 Å². The summed E-state index contributed by atoms with van der Waals surface area (Å²) in [6.07, 6.45) is 1.56.